The zero-order valence-electron chi connectivity index (χ0n) is 13.5. The summed E-state index contributed by atoms with van der Waals surface area (Å²) in [5, 5.41) is 10.0. The van der Waals surface area contributed by atoms with Crippen molar-refractivity contribution in [3.63, 3.8) is 0 Å². The molecule has 0 spiro atoms. The molecule has 0 radical (unpaired) electrons. The van der Waals surface area contributed by atoms with Crippen LogP contribution < -0.4 is 15.0 Å². The van der Waals surface area contributed by atoms with Crippen LogP contribution >= 0.6 is 0 Å². The minimum atomic E-state index is -3.98. The summed E-state index contributed by atoms with van der Waals surface area (Å²) in [4.78, 5) is -0.525. The molecule has 1 atom stereocenters. The fourth-order valence-electron chi connectivity index (χ4n) is 2.14. The molecule has 0 saturated heterocycles. The van der Waals surface area contributed by atoms with Crippen molar-refractivity contribution in [2.24, 2.45) is 10.3 Å². The molecule has 0 heterocycles. The van der Waals surface area contributed by atoms with E-state index in [1.165, 1.54) is 25.1 Å². The lowest BCUT2D eigenvalue weighted by Gasteiger charge is -2.15. The Morgan fingerprint density at radius 1 is 0.769 bits per heavy atom. The Morgan fingerprint density at radius 2 is 1.27 bits per heavy atom. The average Bonchev–Trinajstić information content (AvgIpc) is 2.53. The highest BCUT2D eigenvalue weighted by molar-refractivity contribution is 7.90. The summed E-state index contributed by atoms with van der Waals surface area (Å²) in [6, 6.07) is 9.17. The van der Waals surface area contributed by atoms with Crippen molar-refractivity contribution in [1.82, 2.24) is 4.72 Å². The van der Waals surface area contributed by atoms with Crippen molar-refractivity contribution in [2.45, 2.75) is 27.7 Å². The average molecular weight is 420 g/mol. The highest BCUT2D eigenvalue weighted by Crippen LogP contribution is 2.20. The third kappa shape index (κ3) is 4.87. The van der Waals surface area contributed by atoms with Crippen molar-refractivity contribution >= 4 is 30.1 Å². The molecule has 9 nitrogen and oxygen atoms in total. The summed E-state index contributed by atoms with van der Waals surface area (Å²) in [5.74, 6) is 0. The lowest BCUT2D eigenvalue weighted by Crippen LogP contribution is -2.27. The van der Waals surface area contributed by atoms with Gasteiger partial charge in [0.2, 0.25) is 30.1 Å². The largest absolute Gasteiger partial charge is 0.241 e. The van der Waals surface area contributed by atoms with Crippen molar-refractivity contribution in [3.05, 3.63) is 54.1 Å². The van der Waals surface area contributed by atoms with Crippen LogP contribution in [0.4, 0.5) is 0 Å². The standard InChI is InChI=1S/C14H17N3O6S3/c1-10(11-3-2-4-14(9-11)25(16,20)21)17-26(22,23)13-7-5-12(6-8-13)24(15,18)19/h2-10,17H,1H3,(H2,15,18,19)(H2,16,20,21). The summed E-state index contributed by atoms with van der Waals surface area (Å²) < 4.78 is 72.5. The van der Waals surface area contributed by atoms with E-state index in [9.17, 15) is 25.3 Å². The Bertz CT molecular complexity index is 1120. The van der Waals surface area contributed by atoms with E-state index in [1.807, 2.05) is 0 Å². The van der Waals surface area contributed by atoms with Crippen LogP contribution in [-0.2, 0) is 30.1 Å². The molecule has 0 aromatic heterocycles. The summed E-state index contributed by atoms with van der Waals surface area (Å²) in [6.45, 7) is 1.53. The first-order valence-corrected chi connectivity index (χ1v) is 11.7. The van der Waals surface area contributed by atoms with E-state index in [0.29, 0.717) is 5.56 Å². The Labute approximate surface area is 152 Å². The highest BCUT2D eigenvalue weighted by Gasteiger charge is 2.20. The van der Waals surface area contributed by atoms with Gasteiger partial charge in [0.25, 0.3) is 0 Å². The molecular weight excluding hydrogens is 402 g/mol. The van der Waals surface area contributed by atoms with E-state index < -0.39 is 36.1 Å². The molecule has 0 fully saturated rings. The zero-order valence-corrected chi connectivity index (χ0v) is 16.0. The second-order valence-corrected chi connectivity index (χ2v) is 10.3. The normalized spacial score (nSPS) is 14.1. The molecule has 0 amide bonds. The van der Waals surface area contributed by atoms with Gasteiger partial charge in [0.15, 0.2) is 0 Å². The first-order valence-electron chi connectivity index (χ1n) is 7.09. The maximum absolute atomic E-state index is 12.4. The molecule has 2 aromatic carbocycles. The van der Waals surface area contributed by atoms with Gasteiger partial charge in [0.1, 0.15) is 0 Å². The SMILES string of the molecule is CC(NS(=O)(=O)c1ccc(S(N)(=O)=O)cc1)c1cccc(S(N)(=O)=O)c1. The molecule has 12 heteroatoms. The molecule has 1 unspecified atom stereocenters. The predicted molar refractivity (Wildman–Crippen MR) is 94.4 cm³/mol. The Kier molecular flexibility index (Phi) is 5.56. The molecule has 2 aromatic rings. The Morgan fingerprint density at radius 3 is 1.77 bits per heavy atom. The minimum Gasteiger partial charge on any atom is -0.225 e. The van der Waals surface area contributed by atoms with Crippen LogP contribution in [0.1, 0.15) is 18.5 Å². The predicted octanol–water partition coefficient (Wildman–Crippen LogP) is 0.0209. The first kappa shape index (κ1) is 20.5. The number of nitrogens with one attached hydrogen (secondary N) is 1. The van der Waals surface area contributed by atoms with Crippen molar-refractivity contribution in [3.8, 4) is 0 Å². The lowest BCUT2D eigenvalue weighted by atomic mass is 10.1. The summed E-state index contributed by atoms with van der Waals surface area (Å²) in [6.07, 6.45) is 0. The molecule has 0 saturated carbocycles. The van der Waals surface area contributed by atoms with Crippen molar-refractivity contribution in [2.75, 3.05) is 0 Å². The third-order valence-corrected chi connectivity index (χ3v) is 6.88. The van der Waals surface area contributed by atoms with Gasteiger partial charge in [-0.05, 0) is 48.9 Å². The van der Waals surface area contributed by atoms with E-state index >= 15 is 0 Å². The quantitative estimate of drug-likeness (QED) is 0.597. The fraction of sp³-hybridized carbons (Fsp3) is 0.143. The monoisotopic (exact) mass is 419 g/mol. The summed E-state index contributed by atoms with van der Waals surface area (Å²) in [5.41, 5.74) is 0.390. The van der Waals surface area contributed by atoms with Crippen LogP contribution in [0.3, 0.4) is 0 Å². The van der Waals surface area contributed by atoms with Gasteiger partial charge in [-0.15, -0.1) is 0 Å². The molecule has 0 aliphatic heterocycles. The van der Waals surface area contributed by atoms with Crippen LogP contribution in [0.15, 0.2) is 63.2 Å². The second kappa shape index (κ2) is 7.06. The van der Waals surface area contributed by atoms with Crippen LogP contribution in [0.2, 0.25) is 0 Å². The summed E-state index contributed by atoms with van der Waals surface area (Å²) in [7, 11) is -11.8. The maximum atomic E-state index is 12.4. The minimum absolute atomic E-state index is 0.140. The van der Waals surface area contributed by atoms with E-state index in [1.54, 1.807) is 6.07 Å². The zero-order chi connectivity index (χ0) is 19.8. The van der Waals surface area contributed by atoms with Gasteiger partial charge < -0.3 is 0 Å². The fourth-order valence-corrected chi connectivity index (χ4v) is 4.45. The molecule has 0 aliphatic carbocycles. The molecule has 0 bridgehead atoms. The number of benzene rings is 2. The highest BCUT2D eigenvalue weighted by atomic mass is 32.2. The number of sulfonamides is 3. The summed E-state index contributed by atoms with van der Waals surface area (Å²) >= 11 is 0. The van der Waals surface area contributed by atoms with Gasteiger partial charge in [-0.25, -0.2) is 40.3 Å². The third-order valence-electron chi connectivity index (χ3n) is 3.48. The molecule has 5 N–H and O–H groups in total. The number of primary sulfonamides is 2. The van der Waals surface area contributed by atoms with Crippen LogP contribution in [0, 0.1) is 0 Å². The molecule has 26 heavy (non-hydrogen) atoms. The number of hydrogen-bond donors (Lipinski definition) is 3. The Hall–Kier alpha value is -1.83. The topological polar surface area (TPSA) is 166 Å². The van der Waals surface area contributed by atoms with Crippen molar-refractivity contribution in [1.29, 1.82) is 0 Å². The smallest absolute Gasteiger partial charge is 0.225 e. The molecule has 2 rings (SSSR count). The first-order chi connectivity index (χ1) is 11.8. The number of nitrogens with two attached hydrogens (primary N) is 2. The number of rotatable bonds is 6. The van der Waals surface area contributed by atoms with Gasteiger partial charge >= 0.3 is 0 Å². The van der Waals surface area contributed by atoms with Gasteiger partial charge in [-0.2, -0.15) is 0 Å². The van der Waals surface area contributed by atoms with Gasteiger partial charge in [0, 0.05) is 6.04 Å². The van der Waals surface area contributed by atoms with Gasteiger partial charge in [0.05, 0.1) is 14.7 Å². The maximum Gasteiger partial charge on any atom is 0.241 e. The lowest BCUT2D eigenvalue weighted by molar-refractivity contribution is 0.566. The number of hydrogen-bond acceptors (Lipinski definition) is 6. The van der Waals surface area contributed by atoms with Gasteiger partial charge in [-0.3, -0.25) is 0 Å². The van der Waals surface area contributed by atoms with Crippen LogP contribution in [-0.4, -0.2) is 25.3 Å². The molecule has 0 aliphatic rings. The van der Waals surface area contributed by atoms with E-state index in [-0.39, 0.29) is 14.7 Å². The molecule has 142 valence electrons. The van der Waals surface area contributed by atoms with Crippen LogP contribution in [0.25, 0.3) is 0 Å². The van der Waals surface area contributed by atoms with Crippen LogP contribution in [0.5, 0.6) is 0 Å². The second-order valence-electron chi connectivity index (χ2n) is 5.48. The van der Waals surface area contributed by atoms with E-state index in [2.05, 4.69) is 4.72 Å². The van der Waals surface area contributed by atoms with E-state index in [4.69, 9.17) is 10.3 Å². The molecular formula is C14H17N3O6S3. The van der Waals surface area contributed by atoms with Crippen molar-refractivity contribution < 1.29 is 25.3 Å². The van der Waals surface area contributed by atoms with Gasteiger partial charge in [-0.1, -0.05) is 12.1 Å². The van der Waals surface area contributed by atoms with E-state index in [0.717, 1.165) is 24.3 Å². The Balaban J connectivity index is 2.29.